The van der Waals surface area contributed by atoms with Crippen molar-refractivity contribution in [1.82, 2.24) is 4.98 Å². The zero-order chi connectivity index (χ0) is 18.8. The maximum absolute atomic E-state index is 9.47. The van der Waals surface area contributed by atoms with E-state index in [9.17, 15) is 5.26 Å². The van der Waals surface area contributed by atoms with E-state index >= 15 is 0 Å². The quantitative estimate of drug-likeness (QED) is 0.536. The fraction of sp³-hybridized carbons (Fsp3) is 0.150. The molecule has 0 bridgehead atoms. The number of anilines is 1. The zero-order valence-corrected chi connectivity index (χ0v) is 15.6. The number of fused-ring (bicyclic) bond motifs is 1. The number of benzene rings is 2. The van der Waals surface area contributed by atoms with Gasteiger partial charge in [-0.2, -0.15) is 10.4 Å². The van der Waals surface area contributed by atoms with Crippen LogP contribution in [0.25, 0.3) is 11.3 Å². The third kappa shape index (κ3) is 3.48. The molecule has 0 saturated carbocycles. The summed E-state index contributed by atoms with van der Waals surface area (Å²) in [6.07, 6.45) is 0. The molecule has 3 aromatic rings. The van der Waals surface area contributed by atoms with Crippen LogP contribution >= 0.6 is 11.3 Å². The van der Waals surface area contributed by atoms with Crippen molar-refractivity contribution in [3.05, 3.63) is 57.9 Å². The number of hydrogen-bond donors (Lipinski definition) is 1. The van der Waals surface area contributed by atoms with E-state index in [1.807, 2.05) is 48.7 Å². The predicted molar refractivity (Wildman–Crippen MR) is 105 cm³/mol. The highest BCUT2D eigenvalue weighted by molar-refractivity contribution is 7.12. The van der Waals surface area contributed by atoms with Crippen molar-refractivity contribution in [2.24, 2.45) is 5.10 Å². The molecule has 1 N–H and O–H groups in total. The zero-order valence-electron chi connectivity index (χ0n) is 14.8. The van der Waals surface area contributed by atoms with E-state index in [2.05, 4.69) is 28.5 Å². The van der Waals surface area contributed by atoms with Gasteiger partial charge in [0, 0.05) is 10.9 Å². The van der Waals surface area contributed by atoms with Crippen LogP contribution < -0.4 is 14.9 Å². The van der Waals surface area contributed by atoms with E-state index < -0.39 is 0 Å². The number of rotatable bonds is 4. The molecule has 6 nitrogen and oxygen atoms in total. The van der Waals surface area contributed by atoms with Gasteiger partial charge < -0.3 is 9.47 Å². The van der Waals surface area contributed by atoms with Crippen molar-refractivity contribution in [2.75, 3.05) is 12.2 Å². The molecule has 2 heterocycles. The SMILES string of the molecule is Cc1ccc(N/N=C(\C#N)c2nc(-c3ccc4c(c3)OCO4)cs2)cc1C. The maximum atomic E-state index is 9.47. The molecule has 0 fully saturated rings. The number of aromatic nitrogens is 1. The Hall–Kier alpha value is -3.37. The summed E-state index contributed by atoms with van der Waals surface area (Å²) in [5.41, 5.74) is 8.05. The number of hydrogen-bond acceptors (Lipinski definition) is 7. The van der Waals surface area contributed by atoms with E-state index in [0.717, 1.165) is 28.3 Å². The van der Waals surface area contributed by atoms with Crippen molar-refractivity contribution in [3.8, 4) is 28.8 Å². The Morgan fingerprint density at radius 2 is 2.00 bits per heavy atom. The Bertz CT molecular complexity index is 1080. The molecule has 0 amide bonds. The van der Waals surface area contributed by atoms with Crippen molar-refractivity contribution in [2.45, 2.75) is 13.8 Å². The number of aryl methyl sites for hydroxylation is 2. The molecule has 0 radical (unpaired) electrons. The Balaban J connectivity index is 1.57. The first-order chi connectivity index (χ1) is 13.1. The molecule has 0 unspecified atom stereocenters. The summed E-state index contributed by atoms with van der Waals surface area (Å²) in [5.74, 6) is 1.43. The van der Waals surface area contributed by atoms with Crippen molar-refractivity contribution >= 4 is 22.7 Å². The normalized spacial score (nSPS) is 12.7. The van der Waals surface area contributed by atoms with Gasteiger partial charge in [0.2, 0.25) is 6.79 Å². The maximum Gasteiger partial charge on any atom is 0.231 e. The molecule has 7 heteroatoms. The predicted octanol–water partition coefficient (Wildman–Crippen LogP) is 4.50. The summed E-state index contributed by atoms with van der Waals surface area (Å²) in [6, 6.07) is 13.7. The molecule has 0 spiro atoms. The molecule has 4 rings (SSSR count). The minimum absolute atomic E-state index is 0.233. The molecule has 1 aromatic heterocycles. The van der Waals surface area contributed by atoms with Crippen LogP contribution in [-0.2, 0) is 0 Å². The lowest BCUT2D eigenvalue weighted by Crippen LogP contribution is -2.01. The summed E-state index contributed by atoms with van der Waals surface area (Å²) >= 11 is 1.37. The molecule has 2 aromatic carbocycles. The van der Waals surface area contributed by atoms with Gasteiger partial charge in [-0.3, -0.25) is 5.43 Å². The Morgan fingerprint density at radius 3 is 2.81 bits per heavy atom. The number of nitrogens with zero attached hydrogens (tertiary/aromatic N) is 3. The largest absolute Gasteiger partial charge is 0.454 e. The second-order valence-corrected chi connectivity index (χ2v) is 6.95. The number of nitrogens with one attached hydrogen (secondary N) is 1. The molecule has 0 saturated heterocycles. The van der Waals surface area contributed by atoms with Crippen LogP contribution in [0.4, 0.5) is 5.69 Å². The average Bonchev–Trinajstić information content (AvgIpc) is 3.34. The molecular weight excluding hydrogens is 360 g/mol. The van der Waals surface area contributed by atoms with Crippen LogP contribution in [0.3, 0.4) is 0 Å². The van der Waals surface area contributed by atoms with E-state index in [4.69, 9.17) is 9.47 Å². The van der Waals surface area contributed by atoms with Crippen molar-refractivity contribution in [1.29, 1.82) is 5.26 Å². The summed E-state index contributed by atoms with van der Waals surface area (Å²) in [5, 5.41) is 16.2. The number of nitriles is 1. The molecular formula is C20H16N4O2S. The highest BCUT2D eigenvalue weighted by Crippen LogP contribution is 2.36. The van der Waals surface area contributed by atoms with Gasteiger partial charge in [-0.1, -0.05) is 6.07 Å². The molecule has 0 atom stereocenters. The second kappa shape index (κ2) is 7.09. The second-order valence-electron chi connectivity index (χ2n) is 6.09. The minimum atomic E-state index is 0.233. The molecule has 0 aliphatic carbocycles. The monoisotopic (exact) mass is 376 g/mol. The first kappa shape index (κ1) is 17.1. The Labute approximate surface area is 160 Å². The van der Waals surface area contributed by atoms with Crippen LogP contribution in [0.5, 0.6) is 11.5 Å². The van der Waals surface area contributed by atoms with E-state index in [1.165, 1.54) is 16.9 Å². The van der Waals surface area contributed by atoms with Crippen LogP contribution in [0, 0.1) is 25.2 Å². The van der Waals surface area contributed by atoms with Gasteiger partial charge in [0.1, 0.15) is 6.07 Å². The first-order valence-electron chi connectivity index (χ1n) is 8.31. The van der Waals surface area contributed by atoms with Gasteiger partial charge >= 0.3 is 0 Å². The third-order valence-corrected chi connectivity index (χ3v) is 5.13. The van der Waals surface area contributed by atoms with Crippen molar-refractivity contribution < 1.29 is 9.47 Å². The lowest BCUT2D eigenvalue weighted by atomic mass is 10.1. The summed E-state index contributed by atoms with van der Waals surface area (Å²) in [7, 11) is 0. The van der Waals surface area contributed by atoms with Crippen molar-refractivity contribution in [3.63, 3.8) is 0 Å². The fourth-order valence-electron chi connectivity index (χ4n) is 2.62. The number of thiazole rings is 1. The number of hydrazone groups is 1. The lowest BCUT2D eigenvalue weighted by molar-refractivity contribution is 0.174. The highest BCUT2D eigenvalue weighted by Gasteiger charge is 2.16. The summed E-state index contributed by atoms with van der Waals surface area (Å²) in [6.45, 7) is 4.32. The van der Waals surface area contributed by atoms with Gasteiger partial charge in [0.05, 0.1) is 11.4 Å². The molecule has 134 valence electrons. The summed E-state index contributed by atoms with van der Waals surface area (Å²) < 4.78 is 10.7. The standard InChI is InChI=1S/C20H16N4O2S/c1-12-3-5-15(7-13(12)2)23-24-16(9-21)20-22-17(10-27-20)14-4-6-18-19(8-14)26-11-25-18/h3-8,10,23H,11H2,1-2H3/b24-16+. The Morgan fingerprint density at radius 1 is 1.15 bits per heavy atom. The fourth-order valence-corrected chi connectivity index (χ4v) is 3.39. The minimum Gasteiger partial charge on any atom is -0.454 e. The van der Waals surface area contributed by atoms with E-state index in [1.54, 1.807) is 0 Å². The summed E-state index contributed by atoms with van der Waals surface area (Å²) in [4.78, 5) is 4.55. The Kier molecular flexibility index (Phi) is 4.48. The van der Waals surface area contributed by atoms with Gasteiger partial charge in [-0.15, -0.1) is 11.3 Å². The lowest BCUT2D eigenvalue weighted by Gasteiger charge is -2.04. The van der Waals surface area contributed by atoms with Crippen LogP contribution in [-0.4, -0.2) is 17.5 Å². The number of ether oxygens (including phenoxy) is 2. The average molecular weight is 376 g/mol. The van der Waals surface area contributed by atoms with E-state index in [-0.39, 0.29) is 12.5 Å². The first-order valence-corrected chi connectivity index (χ1v) is 9.19. The van der Waals surface area contributed by atoms with Crippen LogP contribution in [0.15, 0.2) is 46.9 Å². The molecule has 27 heavy (non-hydrogen) atoms. The molecule has 1 aliphatic rings. The van der Waals surface area contributed by atoms with Gasteiger partial charge in [0.25, 0.3) is 0 Å². The smallest absolute Gasteiger partial charge is 0.231 e. The third-order valence-electron chi connectivity index (χ3n) is 4.28. The van der Waals surface area contributed by atoms with Gasteiger partial charge in [-0.25, -0.2) is 4.98 Å². The van der Waals surface area contributed by atoms with Gasteiger partial charge in [-0.05, 0) is 55.3 Å². The molecule has 1 aliphatic heterocycles. The van der Waals surface area contributed by atoms with Crippen LogP contribution in [0.1, 0.15) is 16.1 Å². The highest BCUT2D eigenvalue weighted by atomic mass is 32.1. The van der Waals surface area contributed by atoms with E-state index in [0.29, 0.717) is 10.8 Å². The van der Waals surface area contributed by atoms with Gasteiger partial charge in [0.15, 0.2) is 22.2 Å². The van der Waals surface area contributed by atoms with Crippen LogP contribution in [0.2, 0.25) is 0 Å². The topological polar surface area (TPSA) is 79.5 Å².